The molecule has 6 heteroatoms. The number of carbonyl (C=O) groups is 2. The minimum atomic E-state index is -0.270. The number of amides is 2. The van der Waals surface area contributed by atoms with Crippen LogP contribution in [0.25, 0.3) is 6.08 Å². The maximum atomic E-state index is 12.4. The Morgan fingerprint density at radius 2 is 1.92 bits per heavy atom. The van der Waals surface area contributed by atoms with Crippen LogP contribution in [0.3, 0.4) is 0 Å². The highest BCUT2D eigenvalue weighted by atomic mass is 32.2. The van der Waals surface area contributed by atoms with Crippen LogP contribution < -0.4 is 5.43 Å². The van der Waals surface area contributed by atoms with Crippen LogP contribution in [-0.4, -0.2) is 21.1 Å². The molecule has 24 heavy (non-hydrogen) atoms. The topological polar surface area (TPSA) is 49.4 Å². The molecule has 1 N–H and O–H groups in total. The van der Waals surface area contributed by atoms with Gasteiger partial charge in [-0.1, -0.05) is 74.7 Å². The van der Waals surface area contributed by atoms with Crippen LogP contribution in [0.2, 0.25) is 0 Å². The maximum Gasteiger partial charge on any atom is 0.285 e. The summed E-state index contributed by atoms with van der Waals surface area (Å²) in [6, 6.07) is 9.58. The molecule has 1 aliphatic heterocycles. The molecule has 0 saturated carbocycles. The Balaban J connectivity index is 1.87. The zero-order chi connectivity index (χ0) is 17.4. The molecule has 2 rings (SSSR count). The lowest BCUT2D eigenvalue weighted by Gasteiger charge is -2.15. The number of hydrazine groups is 1. The normalized spacial score (nSPS) is 16.0. The summed E-state index contributed by atoms with van der Waals surface area (Å²) in [5.74, 6) is -0.433. The third-order valence-corrected chi connectivity index (χ3v) is 4.94. The molecule has 0 spiro atoms. The van der Waals surface area contributed by atoms with Crippen LogP contribution >= 0.6 is 24.0 Å². The van der Waals surface area contributed by atoms with E-state index < -0.39 is 0 Å². The fourth-order valence-corrected chi connectivity index (χ4v) is 3.51. The van der Waals surface area contributed by atoms with Crippen molar-refractivity contribution in [3.63, 3.8) is 0 Å². The first kappa shape index (κ1) is 18.7. The smallest absolute Gasteiger partial charge is 0.273 e. The second-order valence-corrected chi connectivity index (χ2v) is 7.30. The highest BCUT2D eigenvalue weighted by molar-refractivity contribution is 8.26. The number of hydrogen-bond acceptors (Lipinski definition) is 4. The molecule has 1 heterocycles. The summed E-state index contributed by atoms with van der Waals surface area (Å²) in [7, 11) is 0. The predicted molar refractivity (Wildman–Crippen MR) is 103 cm³/mol. The lowest BCUT2D eigenvalue weighted by molar-refractivity contribution is -0.133. The Kier molecular flexibility index (Phi) is 7.46. The quantitative estimate of drug-likeness (QED) is 0.426. The number of nitrogens with zero attached hydrogens (tertiary/aromatic N) is 1. The van der Waals surface area contributed by atoms with Crippen LogP contribution in [0.4, 0.5) is 0 Å². The lowest BCUT2D eigenvalue weighted by Crippen LogP contribution is -2.44. The van der Waals surface area contributed by atoms with Crippen molar-refractivity contribution in [1.29, 1.82) is 0 Å². The molecule has 0 aromatic heterocycles. The number of carbonyl (C=O) groups excluding carboxylic acids is 2. The summed E-state index contributed by atoms with van der Waals surface area (Å²) in [6.45, 7) is 2.16. The predicted octanol–water partition coefficient (Wildman–Crippen LogP) is 4.28. The van der Waals surface area contributed by atoms with Crippen molar-refractivity contribution in [3.8, 4) is 0 Å². The Labute approximate surface area is 152 Å². The first-order valence-corrected chi connectivity index (χ1v) is 9.46. The highest BCUT2D eigenvalue weighted by Crippen LogP contribution is 2.31. The zero-order valence-electron chi connectivity index (χ0n) is 13.8. The Morgan fingerprint density at radius 3 is 2.62 bits per heavy atom. The van der Waals surface area contributed by atoms with E-state index >= 15 is 0 Å². The summed E-state index contributed by atoms with van der Waals surface area (Å²) < 4.78 is 0.363. The van der Waals surface area contributed by atoms with E-state index in [9.17, 15) is 9.59 Å². The number of hydrogen-bond donors (Lipinski definition) is 1. The van der Waals surface area contributed by atoms with Crippen molar-refractivity contribution in [2.75, 3.05) is 0 Å². The molecule has 0 atom stereocenters. The molecule has 1 aromatic carbocycles. The van der Waals surface area contributed by atoms with Gasteiger partial charge < -0.3 is 0 Å². The summed E-state index contributed by atoms with van der Waals surface area (Å²) >= 11 is 6.42. The van der Waals surface area contributed by atoms with E-state index in [1.165, 1.54) is 29.6 Å². The molecule has 2 amide bonds. The van der Waals surface area contributed by atoms with E-state index in [1.54, 1.807) is 6.08 Å². The number of benzene rings is 1. The number of thioether (sulfide) groups is 1. The van der Waals surface area contributed by atoms with E-state index in [0.717, 1.165) is 24.8 Å². The molecular formula is C18H22N2O2S2. The van der Waals surface area contributed by atoms with Gasteiger partial charge in [-0.25, -0.2) is 0 Å². The SMILES string of the molecule is CCCCCCCC(=O)NN1C(=O)/C(=C/c2ccccc2)SC1=S. The van der Waals surface area contributed by atoms with Gasteiger partial charge in [0.1, 0.15) is 0 Å². The van der Waals surface area contributed by atoms with E-state index in [1.807, 2.05) is 30.3 Å². The van der Waals surface area contributed by atoms with E-state index in [0.29, 0.717) is 15.6 Å². The van der Waals surface area contributed by atoms with Gasteiger partial charge in [-0.3, -0.25) is 15.0 Å². The largest absolute Gasteiger partial charge is 0.285 e. The average Bonchev–Trinajstić information content (AvgIpc) is 2.83. The van der Waals surface area contributed by atoms with Crippen molar-refractivity contribution < 1.29 is 9.59 Å². The van der Waals surface area contributed by atoms with Gasteiger partial charge in [0.25, 0.3) is 5.91 Å². The summed E-state index contributed by atoms with van der Waals surface area (Å²) in [6.07, 6.45) is 7.59. The Bertz CT molecular complexity index is 629. The van der Waals surface area contributed by atoms with Gasteiger partial charge in [-0.05, 0) is 30.3 Å². The van der Waals surface area contributed by atoms with E-state index in [-0.39, 0.29) is 11.8 Å². The van der Waals surface area contributed by atoms with Crippen molar-refractivity contribution >= 4 is 46.2 Å². The molecule has 1 aliphatic rings. The van der Waals surface area contributed by atoms with Crippen LogP contribution in [0.5, 0.6) is 0 Å². The summed E-state index contributed by atoms with van der Waals surface area (Å²) in [5.41, 5.74) is 3.56. The molecule has 0 bridgehead atoms. The second-order valence-electron chi connectivity index (χ2n) is 5.63. The van der Waals surface area contributed by atoms with Crippen molar-refractivity contribution in [2.45, 2.75) is 45.4 Å². The number of rotatable bonds is 8. The lowest BCUT2D eigenvalue weighted by atomic mass is 10.1. The minimum absolute atomic E-state index is 0.163. The van der Waals surface area contributed by atoms with E-state index in [4.69, 9.17) is 12.2 Å². The van der Waals surface area contributed by atoms with Crippen molar-refractivity contribution in [2.24, 2.45) is 0 Å². The highest BCUT2D eigenvalue weighted by Gasteiger charge is 2.33. The van der Waals surface area contributed by atoms with Crippen LogP contribution in [0.1, 0.15) is 51.0 Å². The Hall–Kier alpha value is -1.66. The molecule has 1 saturated heterocycles. The monoisotopic (exact) mass is 362 g/mol. The molecule has 4 nitrogen and oxygen atoms in total. The van der Waals surface area contributed by atoms with Gasteiger partial charge in [0.05, 0.1) is 4.91 Å². The number of thiocarbonyl (C=S) groups is 1. The number of nitrogens with one attached hydrogen (secondary N) is 1. The van der Waals surface area contributed by atoms with Gasteiger partial charge in [0.15, 0.2) is 4.32 Å². The van der Waals surface area contributed by atoms with Crippen LogP contribution in [0.15, 0.2) is 35.2 Å². The fraction of sp³-hybridized carbons (Fsp3) is 0.389. The molecule has 0 unspecified atom stereocenters. The standard InChI is InChI=1S/C18H22N2O2S2/c1-2-3-4-5-9-12-16(21)19-20-17(22)15(24-18(20)23)13-14-10-7-6-8-11-14/h6-8,10-11,13H,2-5,9,12H2,1H3,(H,19,21)/b15-13-. The van der Waals surface area contributed by atoms with Crippen LogP contribution in [-0.2, 0) is 9.59 Å². The van der Waals surface area contributed by atoms with Gasteiger partial charge >= 0.3 is 0 Å². The number of unbranched alkanes of at least 4 members (excludes halogenated alkanes) is 4. The second kappa shape index (κ2) is 9.59. The first-order chi connectivity index (χ1) is 11.6. The van der Waals surface area contributed by atoms with Gasteiger partial charge in [0, 0.05) is 6.42 Å². The summed E-state index contributed by atoms with van der Waals surface area (Å²) in [4.78, 5) is 24.9. The molecule has 0 aliphatic carbocycles. The van der Waals surface area contributed by atoms with E-state index in [2.05, 4.69) is 12.3 Å². The Morgan fingerprint density at radius 1 is 1.21 bits per heavy atom. The third-order valence-electron chi connectivity index (χ3n) is 3.63. The minimum Gasteiger partial charge on any atom is -0.273 e. The fourth-order valence-electron chi connectivity index (χ4n) is 2.33. The average molecular weight is 363 g/mol. The van der Waals surface area contributed by atoms with Crippen LogP contribution in [0, 0.1) is 0 Å². The molecule has 128 valence electrons. The van der Waals surface area contributed by atoms with Gasteiger partial charge in [-0.15, -0.1) is 0 Å². The van der Waals surface area contributed by atoms with Crippen molar-refractivity contribution in [3.05, 3.63) is 40.8 Å². The summed E-state index contributed by atoms with van der Waals surface area (Å²) in [5, 5.41) is 1.18. The molecular weight excluding hydrogens is 340 g/mol. The van der Waals surface area contributed by atoms with Gasteiger partial charge in [0.2, 0.25) is 5.91 Å². The van der Waals surface area contributed by atoms with Crippen molar-refractivity contribution in [1.82, 2.24) is 10.4 Å². The molecule has 0 radical (unpaired) electrons. The molecule has 1 fully saturated rings. The van der Waals surface area contributed by atoms with Gasteiger partial charge in [-0.2, -0.15) is 5.01 Å². The first-order valence-electron chi connectivity index (χ1n) is 8.24. The molecule has 1 aromatic rings. The zero-order valence-corrected chi connectivity index (χ0v) is 15.4. The maximum absolute atomic E-state index is 12.4. The third kappa shape index (κ3) is 5.46.